The van der Waals surface area contributed by atoms with Gasteiger partial charge in [-0.2, -0.15) is 0 Å². The second-order valence-corrected chi connectivity index (χ2v) is 7.25. The van der Waals surface area contributed by atoms with E-state index in [-0.39, 0.29) is 33.6 Å². The Morgan fingerprint density at radius 3 is 1.38 bits per heavy atom. The Kier molecular flexibility index (Phi) is 4.84. The van der Waals surface area contributed by atoms with E-state index in [0.29, 0.717) is 16.7 Å². The van der Waals surface area contributed by atoms with E-state index in [0.717, 1.165) is 0 Å². The molecule has 1 aromatic heterocycles. The van der Waals surface area contributed by atoms with Crippen molar-refractivity contribution in [1.29, 1.82) is 0 Å². The summed E-state index contributed by atoms with van der Waals surface area (Å²) < 4.78 is 10.2. The molecule has 0 aliphatic rings. The van der Waals surface area contributed by atoms with Crippen LogP contribution in [0.25, 0.3) is 11.2 Å². The zero-order valence-electron chi connectivity index (χ0n) is 16.8. The van der Waals surface area contributed by atoms with Gasteiger partial charge in [0.1, 0.15) is 0 Å². The molecule has 0 aliphatic heterocycles. The maximum Gasteiger partial charge on any atom is 0.237 e. The summed E-state index contributed by atoms with van der Waals surface area (Å²) >= 11 is 0. The molecular weight excluding hydrogens is 404 g/mol. The summed E-state index contributed by atoms with van der Waals surface area (Å²) in [5.41, 5.74) is 1.64. The number of rotatable bonds is 6. The molecule has 0 radical (unpaired) electrons. The fourth-order valence-electron chi connectivity index (χ4n) is 3.68. The van der Waals surface area contributed by atoms with Crippen LogP contribution in [0.1, 0.15) is 47.8 Å². The number of benzene rings is 4. The molecule has 0 saturated carbocycles. The van der Waals surface area contributed by atoms with Gasteiger partial charge in [0.05, 0.1) is 5.56 Å². The maximum atomic E-state index is 13.6. The van der Waals surface area contributed by atoms with Gasteiger partial charge in [-0.1, -0.05) is 91.0 Å². The van der Waals surface area contributed by atoms with Crippen molar-refractivity contribution in [2.45, 2.75) is 0 Å². The summed E-state index contributed by atoms with van der Waals surface area (Å²) in [6.45, 7) is 0. The van der Waals surface area contributed by atoms with Crippen LogP contribution in [-0.2, 0) is 0 Å². The SMILES string of the molecule is O=C(c1ccccc1)c1cc2ooc2c(C(=O)c2ccccc2)c1C(=O)c1ccccc1. The van der Waals surface area contributed by atoms with E-state index in [1.165, 1.54) is 6.07 Å². The Hall–Kier alpha value is -4.51. The first-order valence-electron chi connectivity index (χ1n) is 10.00. The molecule has 154 valence electrons. The number of carbonyl (C=O) groups is 3. The highest BCUT2D eigenvalue weighted by atomic mass is 17.0. The standard InChI is InChI=1S/C27H16O5/c28-24(17-10-4-1-5-11-17)20-16-21-27(32-31-21)23(26(30)19-14-8-3-9-15-19)22(20)25(29)18-12-6-2-7-13-18/h1-16H. The van der Waals surface area contributed by atoms with Gasteiger partial charge in [0, 0.05) is 33.9 Å². The average molecular weight is 420 g/mol. The molecule has 0 bridgehead atoms. The van der Waals surface area contributed by atoms with E-state index in [1.54, 1.807) is 91.0 Å². The van der Waals surface area contributed by atoms with Crippen molar-refractivity contribution < 1.29 is 23.5 Å². The zero-order chi connectivity index (χ0) is 22.1. The van der Waals surface area contributed by atoms with Crippen molar-refractivity contribution >= 4 is 28.5 Å². The van der Waals surface area contributed by atoms with E-state index in [2.05, 4.69) is 0 Å². The monoisotopic (exact) mass is 420 g/mol. The first-order valence-corrected chi connectivity index (χ1v) is 10.00. The van der Waals surface area contributed by atoms with Gasteiger partial charge in [0.2, 0.25) is 11.2 Å². The normalized spacial score (nSPS) is 10.9. The molecular formula is C27H16O5. The average Bonchev–Trinajstić information content (AvgIpc) is 2.84. The van der Waals surface area contributed by atoms with Crippen molar-refractivity contribution in [1.82, 2.24) is 0 Å². The Labute approximate surface area is 182 Å². The van der Waals surface area contributed by atoms with Crippen molar-refractivity contribution in [2.24, 2.45) is 0 Å². The summed E-state index contributed by atoms with van der Waals surface area (Å²) in [5.74, 6) is -1.25. The Morgan fingerprint density at radius 2 is 0.938 bits per heavy atom. The van der Waals surface area contributed by atoms with Gasteiger partial charge < -0.3 is 0 Å². The van der Waals surface area contributed by atoms with E-state index in [1.807, 2.05) is 0 Å². The summed E-state index contributed by atoms with van der Waals surface area (Å²) in [7, 11) is 0. The molecule has 32 heavy (non-hydrogen) atoms. The second-order valence-electron chi connectivity index (χ2n) is 7.25. The van der Waals surface area contributed by atoms with Gasteiger partial charge in [0.15, 0.2) is 17.3 Å². The van der Waals surface area contributed by atoms with Gasteiger partial charge in [-0.25, -0.2) is 0 Å². The summed E-state index contributed by atoms with van der Waals surface area (Å²) in [5, 5.41) is 0. The highest BCUT2D eigenvalue weighted by Crippen LogP contribution is 2.33. The highest BCUT2D eigenvalue weighted by molar-refractivity contribution is 6.28. The number of hydrogen-bond acceptors (Lipinski definition) is 5. The first kappa shape index (κ1) is 19.5. The van der Waals surface area contributed by atoms with Crippen LogP contribution in [0.2, 0.25) is 0 Å². The minimum Gasteiger partial charge on any atom is -0.289 e. The minimum atomic E-state index is -0.442. The van der Waals surface area contributed by atoms with Crippen molar-refractivity contribution in [3.63, 3.8) is 0 Å². The molecule has 0 spiro atoms. The minimum absolute atomic E-state index is 0.000885. The van der Waals surface area contributed by atoms with Crippen LogP contribution in [0.4, 0.5) is 0 Å². The van der Waals surface area contributed by atoms with Gasteiger partial charge >= 0.3 is 0 Å². The van der Waals surface area contributed by atoms with Crippen LogP contribution in [0.5, 0.6) is 0 Å². The third kappa shape index (κ3) is 3.26. The molecule has 1 heterocycles. The molecule has 5 nitrogen and oxygen atoms in total. The van der Waals surface area contributed by atoms with Crippen LogP contribution in [0.15, 0.2) is 106 Å². The Balaban J connectivity index is 1.79. The molecule has 0 N–H and O–H groups in total. The fourth-order valence-corrected chi connectivity index (χ4v) is 3.68. The van der Waals surface area contributed by atoms with Crippen molar-refractivity contribution in [3.8, 4) is 0 Å². The number of hydrogen-bond donors (Lipinski definition) is 0. The van der Waals surface area contributed by atoms with Crippen LogP contribution in [-0.4, -0.2) is 17.3 Å². The van der Waals surface area contributed by atoms with E-state index >= 15 is 0 Å². The van der Waals surface area contributed by atoms with E-state index in [9.17, 15) is 14.4 Å². The highest BCUT2D eigenvalue weighted by Gasteiger charge is 2.32. The van der Waals surface area contributed by atoms with Crippen LogP contribution in [0.3, 0.4) is 0 Å². The molecule has 0 unspecified atom stereocenters. The lowest BCUT2D eigenvalue weighted by Crippen LogP contribution is -2.18. The van der Waals surface area contributed by atoms with Gasteiger partial charge in [-0.3, -0.25) is 23.5 Å². The van der Waals surface area contributed by atoms with Crippen molar-refractivity contribution in [3.05, 3.63) is 130 Å². The van der Waals surface area contributed by atoms with E-state index in [4.69, 9.17) is 9.15 Å². The fraction of sp³-hybridized carbons (Fsp3) is 0. The second kappa shape index (κ2) is 7.96. The van der Waals surface area contributed by atoms with Crippen LogP contribution in [0, 0.1) is 0 Å². The number of fused-ring (bicyclic) bond motifs is 1. The van der Waals surface area contributed by atoms with Crippen molar-refractivity contribution in [2.75, 3.05) is 0 Å². The number of ketones is 3. The number of carbonyl (C=O) groups excluding carboxylic acids is 3. The van der Waals surface area contributed by atoms with Gasteiger partial charge in [0.25, 0.3) is 0 Å². The topological polar surface area (TPSA) is 77.5 Å². The Bertz CT molecular complexity index is 1440. The van der Waals surface area contributed by atoms with Gasteiger partial charge in [-0.05, 0) is 0 Å². The molecule has 4 aromatic carbocycles. The zero-order valence-corrected chi connectivity index (χ0v) is 16.8. The lowest BCUT2D eigenvalue weighted by Gasteiger charge is -2.15. The molecule has 0 saturated heterocycles. The quantitative estimate of drug-likeness (QED) is 0.259. The molecule has 5 rings (SSSR count). The molecule has 5 aromatic rings. The van der Waals surface area contributed by atoms with Crippen LogP contribution >= 0.6 is 0 Å². The third-order valence-corrected chi connectivity index (χ3v) is 5.27. The molecule has 5 heteroatoms. The summed E-state index contributed by atoms with van der Waals surface area (Å²) in [4.78, 5) is 40.6. The van der Waals surface area contributed by atoms with E-state index < -0.39 is 11.6 Å². The smallest absolute Gasteiger partial charge is 0.237 e. The molecule has 0 aliphatic carbocycles. The first-order chi connectivity index (χ1) is 15.6. The molecule has 0 fully saturated rings. The summed E-state index contributed by atoms with van der Waals surface area (Å²) in [6.07, 6.45) is 0. The predicted molar refractivity (Wildman–Crippen MR) is 118 cm³/mol. The lowest BCUT2D eigenvalue weighted by atomic mass is 9.86. The van der Waals surface area contributed by atoms with Crippen LogP contribution < -0.4 is 0 Å². The third-order valence-electron chi connectivity index (χ3n) is 5.27. The largest absolute Gasteiger partial charge is 0.289 e. The maximum absolute atomic E-state index is 13.6. The molecule has 0 atom stereocenters. The predicted octanol–water partition coefficient (Wildman–Crippen LogP) is 5.72. The lowest BCUT2D eigenvalue weighted by molar-refractivity contribution is 0.0573. The molecule has 0 amide bonds. The van der Waals surface area contributed by atoms with Gasteiger partial charge in [-0.15, -0.1) is 0 Å². The summed E-state index contributed by atoms with van der Waals surface area (Å²) in [6, 6.07) is 27.1. The Morgan fingerprint density at radius 1 is 0.500 bits per heavy atom.